The second-order valence-electron chi connectivity index (χ2n) is 7.34. The van der Waals surface area contributed by atoms with Crippen molar-refractivity contribution in [3.05, 3.63) is 71.1 Å². The number of amides is 2. The lowest BCUT2D eigenvalue weighted by Gasteiger charge is -2.26. The summed E-state index contributed by atoms with van der Waals surface area (Å²) in [7, 11) is 0. The smallest absolute Gasteiger partial charge is 0.251 e. The molecule has 0 spiro atoms. The van der Waals surface area contributed by atoms with Crippen molar-refractivity contribution in [2.24, 2.45) is 0 Å². The van der Waals surface area contributed by atoms with E-state index in [4.69, 9.17) is 4.52 Å². The molecular weight excluding hydrogens is 380 g/mol. The van der Waals surface area contributed by atoms with E-state index in [1.165, 1.54) is 11.1 Å². The van der Waals surface area contributed by atoms with Gasteiger partial charge in [0.1, 0.15) is 0 Å². The first-order chi connectivity index (χ1) is 14.6. The maximum Gasteiger partial charge on any atom is 0.251 e. The predicted molar refractivity (Wildman–Crippen MR) is 112 cm³/mol. The largest absolute Gasteiger partial charge is 0.348 e. The van der Waals surface area contributed by atoms with Gasteiger partial charge in [-0.1, -0.05) is 48.5 Å². The Bertz CT molecular complexity index is 1040. The molecule has 7 heteroatoms. The second-order valence-corrected chi connectivity index (χ2v) is 7.34. The number of nitrogens with zero attached hydrogens (tertiary/aromatic N) is 2. The SMILES string of the molecule is CCc1nc(-c2ccc(C(=O)NCC(=O)N[C@H]3CCCc4ccccc43)cc2)no1. The Morgan fingerprint density at radius 2 is 1.93 bits per heavy atom. The third kappa shape index (κ3) is 4.40. The van der Waals surface area contributed by atoms with Crippen molar-refractivity contribution in [3.63, 3.8) is 0 Å². The lowest BCUT2D eigenvalue weighted by molar-refractivity contribution is -0.121. The molecule has 4 rings (SSSR count). The lowest BCUT2D eigenvalue weighted by atomic mass is 9.88. The van der Waals surface area contributed by atoms with E-state index < -0.39 is 0 Å². The Labute approximate surface area is 174 Å². The van der Waals surface area contributed by atoms with Crippen molar-refractivity contribution in [2.75, 3.05) is 6.54 Å². The Morgan fingerprint density at radius 1 is 1.13 bits per heavy atom. The first-order valence-electron chi connectivity index (χ1n) is 10.2. The molecule has 0 radical (unpaired) electrons. The highest BCUT2D eigenvalue weighted by atomic mass is 16.5. The molecule has 0 unspecified atom stereocenters. The van der Waals surface area contributed by atoms with Gasteiger partial charge in [-0.15, -0.1) is 0 Å². The number of carbonyl (C=O) groups excluding carboxylic acids is 2. The summed E-state index contributed by atoms with van der Waals surface area (Å²) < 4.78 is 5.11. The molecule has 2 amide bonds. The molecule has 1 aromatic heterocycles. The van der Waals surface area contributed by atoms with Crippen molar-refractivity contribution < 1.29 is 14.1 Å². The number of aryl methyl sites for hydroxylation is 2. The van der Waals surface area contributed by atoms with Crippen molar-refractivity contribution >= 4 is 11.8 Å². The molecule has 2 aromatic carbocycles. The minimum atomic E-state index is -0.303. The monoisotopic (exact) mass is 404 g/mol. The summed E-state index contributed by atoms with van der Waals surface area (Å²) in [6.07, 6.45) is 3.66. The van der Waals surface area contributed by atoms with E-state index in [1.54, 1.807) is 24.3 Å². The van der Waals surface area contributed by atoms with Crippen LogP contribution in [0.4, 0.5) is 0 Å². The van der Waals surface area contributed by atoms with Gasteiger partial charge >= 0.3 is 0 Å². The topological polar surface area (TPSA) is 97.1 Å². The molecule has 1 atom stereocenters. The van der Waals surface area contributed by atoms with E-state index >= 15 is 0 Å². The number of rotatable bonds is 6. The van der Waals surface area contributed by atoms with Crippen LogP contribution in [0.25, 0.3) is 11.4 Å². The van der Waals surface area contributed by atoms with Crippen molar-refractivity contribution in [3.8, 4) is 11.4 Å². The Hall–Kier alpha value is -3.48. The number of nitrogens with one attached hydrogen (secondary N) is 2. The van der Waals surface area contributed by atoms with E-state index in [9.17, 15) is 9.59 Å². The maximum absolute atomic E-state index is 12.4. The van der Waals surface area contributed by atoms with Crippen LogP contribution in [-0.2, 0) is 17.6 Å². The van der Waals surface area contributed by atoms with Gasteiger partial charge < -0.3 is 15.2 Å². The minimum Gasteiger partial charge on any atom is -0.348 e. The molecule has 0 fully saturated rings. The van der Waals surface area contributed by atoms with E-state index in [0.717, 1.165) is 24.8 Å². The van der Waals surface area contributed by atoms with Gasteiger partial charge in [0.15, 0.2) is 0 Å². The summed E-state index contributed by atoms with van der Waals surface area (Å²) in [5.41, 5.74) is 3.69. The standard InChI is InChI=1S/C23H24N4O3/c1-2-21-26-22(27-30-21)16-10-12-17(13-11-16)23(29)24-14-20(28)25-19-9-5-7-15-6-3-4-8-18(15)19/h3-4,6,8,10-13,19H,2,5,7,9,14H2,1H3,(H,24,29)(H,25,28)/t19-/m0/s1. The zero-order valence-electron chi connectivity index (χ0n) is 16.9. The molecule has 1 heterocycles. The molecule has 154 valence electrons. The van der Waals surface area contributed by atoms with Gasteiger partial charge in [0.25, 0.3) is 5.91 Å². The minimum absolute atomic E-state index is 0.00149. The molecule has 3 aromatic rings. The second kappa shape index (κ2) is 8.90. The van der Waals surface area contributed by atoms with Crippen LogP contribution in [0.3, 0.4) is 0 Å². The molecule has 30 heavy (non-hydrogen) atoms. The van der Waals surface area contributed by atoms with Crippen LogP contribution in [0.5, 0.6) is 0 Å². The quantitative estimate of drug-likeness (QED) is 0.657. The summed E-state index contributed by atoms with van der Waals surface area (Å²) in [6, 6.07) is 15.1. The lowest BCUT2D eigenvalue weighted by Crippen LogP contribution is -2.39. The molecule has 0 saturated heterocycles. The van der Waals surface area contributed by atoms with Crippen molar-refractivity contribution in [1.29, 1.82) is 0 Å². The fourth-order valence-corrected chi connectivity index (χ4v) is 3.70. The summed E-state index contributed by atoms with van der Waals surface area (Å²) in [6.45, 7) is 1.87. The highest BCUT2D eigenvalue weighted by molar-refractivity contribution is 5.96. The van der Waals surface area contributed by atoms with Gasteiger partial charge in [0.2, 0.25) is 17.6 Å². The van der Waals surface area contributed by atoms with Gasteiger partial charge in [0.05, 0.1) is 12.6 Å². The highest BCUT2D eigenvalue weighted by Gasteiger charge is 2.21. The van der Waals surface area contributed by atoms with Gasteiger partial charge in [-0.2, -0.15) is 4.98 Å². The predicted octanol–water partition coefficient (Wildman–Crippen LogP) is 3.22. The summed E-state index contributed by atoms with van der Waals surface area (Å²) in [5.74, 6) is 0.563. The van der Waals surface area contributed by atoms with Crippen molar-refractivity contribution in [2.45, 2.75) is 38.6 Å². The summed E-state index contributed by atoms with van der Waals surface area (Å²) in [5, 5.41) is 9.65. The third-order valence-electron chi connectivity index (χ3n) is 5.29. The van der Waals surface area contributed by atoms with Crippen LogP contribution in [0.2, 0.25) is 0 Å². The third-order valence-corrected chi connectivity index (χ3v) is 5.29. The maximum atomic E-state index is 12.4. The first kappa shape index (κ1) is 19.8. The van der Waals surface area contributed by atoms with Crippen LogP contribution in [0.1, 0.15) is 53.2 Å². The van der Waals surface area contributed by atoms with Crippen LogP contribution >= 0.6 is 0 Å². The van der Waals surface area contributed by atoms with E-state index in [0.29, 0.717) is 23.7 Å². The van der Waals surface area contributed by atoms with Gasteiger partial charge in [-0.25, -0.2) is 0 Å². The van der Waals surface area contributed by atoms with E-state index in [1.807, 2.05) is 19.1 Å². The first-order valence-corrected chi connectivity index (χ1v) is 10.2. The zero-order valence-corrected chi connectivity index (χ0v) is 16.9. The fraction of sp³-hybridized carbons (Fsp3) is 0.304. The average molecular weight is 404 g/mol. The summed E-state index contributed by atoms with van der Waals surface area (Å²) in [4.78, 5) is 29.0. The molecule has 1 aliphatic carbocycles. The molecular formula is C23H24N4O3. The molecule has 0 aliphatic heterocycles. The molecule has 2 N–H and O–H groups in total. The average Bonchev–Trinajstić information content (AvgIpc) is 3.27. The number of hydrogen-bond acceptors (Lipinski definition) is 5. The summed E-state index contributed by atoms with van der Waals surface area (Å²) >= 11 is 0. The van der Waals surface area contributed by atoms with Gasteiger partial charge in [-0.3, -0.25) is 9.59 Å². The van der Waals surface area contributed by atoms with Crippen LogP contribution in [-0.4, -0.2) is 28.5 Å². The highest BCUT2D eigenvalue weighted by Crippen LogP contribution is 2.29. The van der Waals surface area contributed by atoms with Gasteiger partial charge in [0, 0.05) is 17.5 Å². The Balaban J connectivity index is 1.32. The normalized spacial score (nSPS) is 15.3. The zero-order chi connectivity index (χ0) is 20.9. The van der Waals surface area contributed by atoms with Crippen LogP contribution in [0.15, 0.2) is 53.1 Å². The number of benzene rings is 2. The number of hydrogen-bond donors (Lipinski definition) is 2. The van der Waals surface area contributed by atoms with E-state index in [2.05, 4.69) is 32.9 Å². The number of fused-ring (bicyclic) bond motifs is 1. The van der Waals surface area contributed by atoms with E-state index in [-0.39, 0.29) is 24.4 Å². The number of aromatic nitrogens is 2. The molecule has 0 bridgehead atoms. The van der Waals surface area contributed by atoms with Crippen LogP contribution in [0, 0.1) is 0 Å². The van der Waals surface area contributed by atoms with Crippen LogP contribution < -0.4 is 10.6 Å². The molecule has 0 saturated carbocycles. The molecule has 7 nitrogen and oxygen atoms in total. The van der Waals surface area contributed by atoms with Gasteiger partial charge in [-0.05, 0) is 42.5 Å². The fourth-order valence-electron chi connectivity index (χ4n) is 3.70. The number of carbonyl (C=O) groups is 2. The Morgan fingerprint density at radius 3 is 2.70 bits per heavy atom. The van der Waals surface area contributed by atoms with Crippen molar-refractivity contribution in [1.82, 2.24) is 20.8 Å². The molecule has 1 aliphatic rings. The Kier molecular flexibility index (Phi) is 5.88.